The highest BCUT2D eigenvalue weighted by Crippen LogP contribution is 2.30. The minimum atomic E-state index is -0.0591. The fraction of sp³-hybridized carbons (Fsp3) is 0.300. The number of carbonyl (C=O) groups excluding carboxylic acids is 1. The van der Waals surface area contributed by atoms with Gasteiger partial charge in [0.25, 0.3) is 5.91 Å². The molecule has 0 unspecified atom stereocenters. The summed E-state index contributed by atoms with van der Waals surface area (Å²) in [6.07, 6.45) is 1.76. The Hall–Kier alpha value is -2.04. The first-order chi connectivity index (χ1) is 12.5. The van der Waals surface area contributed by atoms with Gasteiger partial charge in [0.2, 0.25) is 0 Å². The van der Waals surface area contributed by atoms with Crippen LogP contribution < -0.4 is 0 Å². The molecule has 1 saturated heterocycles. The van der Waals surface area contributed by atoms with E-state index in [9.17, 15) is 4.79 Å². The Morgan fingerprint density at radius 3 is 2.69 bits per heavy atom. The van der Waals surface area contributed by atoms with Crippen LogP contribution in [0.2, 0.25) is 10.0 Å². The van der Waals surface area contributed by atoms with E-state index in [0.29, 0.717) is 34.6 Å². The summed E-state index contributed by atoms with van der Waals surface area (Å²) in [6, 6.07) is 11.2. The van der Waals surface area contributed by atoms with Crippen molar-refractivity contribution in [3.05, 3.63) is 63.4 Å². The molecule has 1 fully saturated rings. The molecule has 2 aromatic carbocycles. The van der Waals surface area contributed by atoms with Crippen LogP contribution in [0.15, 0.2) is 36.4 Å². The van der Waals surface area contributed by atoms with Crippen LogP contribution in [-0.2, 0) is 0 Å². The molecule has 3 aromatic rings. The molecule has 1 aliphatic rings. The van der Waals surface area contributed by atoms with Crippen molar-refractivity contribution >= 4 is 40.1 Å². The van der Waals surface area contributed by atoms with Crippen molar-refractivity contribution in [3.63, 3.8) is 0 Å². The zero-order valence-electron chi connectivity index (χ0n) is 14.4. The maximum atomic E-state index is 12.8. The number of nitrogens with zero attached hydrogens (tertiary/aromatic N) is 2. The van der Waals surface area contributed by atoms with Gasteiger partial charge in [-0.1, -0.05) is 29.3 Å². The van der Waals surface area contributed by atoms with Crippen LogP contribution in [0.3, 0.4) is 0 Å². The van der Waals surface area contributed by atoms with Crippen molar-refractivity contribution in [1.29, 1.82) is 0 Å². The van der Waals surface area contributed by atoms with Crippen molar-refractivity contribution in [3.8, 4) is 0 Å². The summed E-state index contributed by atoms with van der Waals surface area (Å²) in [4.78, 5) is 22.8. The molecule has 0 spiro atoms. The first-order valence-electron chi connectivity index (χ1n) is 8.72. The van der Waals surface area contributed by atoms with E-state index in [-0.39, 0.29) is 5.91 Å². The van der Waals surface area contributed by atoms with Crippen molar-refractivity contribution in [1.82, 2.24) is 14.9 Å². The lowest BCUT2D eigenvalue weighted by Gasteiger charge is -2.31. The lowest BCUT2D eigenvalue weighted by Crippen LogP contribution is -2.38. The van der Waals surface area contributed by atoms with Gasteiger partial charge >= 0.3 is 0 Å². The monoisotopic (exact) mass is 387 g/mol. The minimum absolute atomic E-state index is 0.0591. The number of amides is 1. The number of fused-ring (bicyclic) bond motifs is 1. The fourth-order valence-electron chi connectivity index (χ4n) is 3.52. The van der Waals surface area contributed by atoms with Gasteiger partial charge in [-0.3, -0.25) is 4.79 Å². The number of hydrogen-bond acceptors (Lipinski definition) is 2. The number of halogens is 2. The Balaban J connectivity index is 1.48. The van der Waals surface area contributed by atoms with E-state index in [1.54, 1.807) is 18.2 Å². The Bertz CT molecular complexity index is 974. The average molecular weight is 388 g/mol. The zero-order valence-corrected chi connectivity index (χ0v) is 15.9. The second-order valence-corrected chi connectivity index (χ2v) is 7.68. The smallest absolute Gasteiger partial charge is 0.255 e. The summed E-state index contributed by atoms with van der Waals surface area (Å²) in [5, 5.41) is 0.958. The molecule has 0 radical (unpaired) electrons. The van der Waals surface area contributed by atoms with Gasteiger partial charge in [-0.25, -0.2) is 4.98 Å². The van der Waals surface area contributed by atoms with Gasteiger partial charge in [0.1, 0.15) is 5.82 Å². The third kappa shape index (κ3) is 3.31. The Morgan fingerprint density at radius 1 is 1.15 bits per heavy atom. The van der Waals surface area contributed by atoms with E-state index in [1.807, 2.05) is 11.0 Å². The first-order valence-corrected chi connectivity index (χ1v) is 9.47. The number of imidazole rings is 1. The minimum Gasteiger partial charge on any atom is -0.342 e. The number of aryl methyl sites for hydroxylation is 1. The molecule has 4 nitrogen and oxygen atoms in total. The normalized spacial score (nSPS) is 15.6. The molecule has 1 aromatic heterocycles. The molecule has 2 heterocycles. The number of piperidine rings is 1. The highest BCUT2D eigenvalue weighted by Gasteiger charge is 2.27. The number of rotatable bonds is 2. The van der Waals surface area contributed by atoms with Gasteiger partial charge in [0.15, 0.2) is 0 Å². The second-order valence-electron chi connectivity index (χ2n) is 6.83. The number of aromatic amines is 1. The molecule has 0 bridgehead atoms. The number of benzene rings is 2. The number of likely N-dealkylation sites (tertiary alicyclic amines) is 1. The van der Waals surface area contributed by atoms with E-state index in [2.05, 4.69) is 24.0 Å². The van der Waals surface area contributed by atoms with Gasteiger partial charge in [0.05, 0.1) is 21.6 Å². The van der Waals surface area contributed by atoms with E-state index in [1.165, 1.54) is 5.56 Å². The van der Waals surface area contributed by atoms with Crippen LogP contribution in [0.25, 0.3) is 11.0 Å². The zero-order chi connectivity index (χ0) is 18.3. The molecule has 4 rings (SSSR count). The SMILES string of the molecule is Cc1ccc2nc(C3CCN(C(=O)c4cc(Cl)ccc4Cl)CC3)[nH]c2c1. The maximum Gasteiger partial charge on any atom is 0.255 e. The number of carbonyl (C=O) groups is 1. The Morgan fingerprint density at radius 2 is 1.92 bits per heavy atom. The predicted molar refractivity (Wildman–Crippen MR) is 105 cm³/mol. The summed E-state index contributed by atoms with van der Waals surface area (Å²) in [6.45, 7) is 3.44. The standard InChI is InChI=1S/C20H19Cl2N3O/c1-12-2-5-17-18(10-12)24-19(23-17)13-6-8-25(9-7-13)20(26)15-11-14(21)3-4-16(15)22/h2-5,10-11,13H,6-9H2,1H3,(H,23,24). The molecule has 1 aliphatic heterocycles. The molecular formula is C20H19Cl2N3O. The van der Waals surface area contributed by atoms with Crippen LogP contribution in [0.1, 0.15) is 40.5 Å². The summed E-state index contributed by atoms with van der Waals surface area (Å²) in [5.41, 5.74) is 3.75. The van der Waals surface area contributed by atoms with E-state index in [0.717, 1.165) is 29.7 Å². The summed E-state index contributed by atoms with van der Waals surface area (Å²) in [5.74, 6) is 1.29. The van der Waals surface area contributed by atoms with Crippen molar-refractivity contribution in [2.24, 2.45) is 0 Å². The summed E-state index contributed by atoms with van der Waals surface area (Å²) >= 11 is 12.2. The molecule has 6 heteroatoms. The summed E-state index contributed by atoms with van der Waals surface area (Å²) in [7, 11) is 0. The Labute approximate surface area is 162 Å². The highest BCUT2D eigenvalue weighted by molar-refractivity contribution is 6.35. The lowest BCUT2D eigenvalue weighted by molar-refractivity contribution is 0.0711. The molecular weight excluding hydrogens is 369 g/mol. The van der Waals surface area contributed by atoms with Crippen LogP contribution in [0.5, 0.6) is 0 Å². The van der Waals surface area contributed by atoms with Crippen molar-refractivity contribution in [2.75, 3.05) is 13.1 Å². The second kappa shape index (κ2) is 6.93. The van der Waals surface area contributed by atoms with E-state index < -0.39 is 0 Å². The largest absolute Gasteiger partial charge is 0.342 e. The molecule has 26 heavy (non-hydrogen) atoms. The average Bonchev–Trinajstić information content (AvgIpc) is 3.06. The number of H-pyrrole nitrogens is 1. The molecule has 0 saturated carbocycles. The topological polar surface area (TPSA) is 49.0 Å². The Kier molecular flexibility index (Phi) is 4.63. The van der Waals surface area contributed by atoms with Crippen LogP contribution in [0.4, 0.5) is 0 Å². The van der Waals surface area contributed by atoms with Gasteiger partial charge in [-0.2, -0.15) is 0 Å². The van der Waals surface area contributed by atoms with Gasteiger partial charge < -0.3 is 9.88 Å². The summed E-state index contributed by atoms with van der Waals surface area (Å²) < 4.78 is 0. The third-order valence-corrected chi connectivity index (χ3v) is 5.55. The predicted octanol–water partition coefficient (Wildman–Crippen LogP) is 5.20. The molecule has 1 amide bonds. The fourth-order valence-corrected chi connectivity index (χ4v) is 3.89. The van der Waals surface area contributed by atoms with Gasteiger partial charge in [-0.15, -0.1) is 0 Å². The van der Waals surface area contributed by atoms with Crippen molar-refractivity contribution in [2.45, 2.75) is 25.7 Å². The quantitative estimate of drug-likeness (QED) is 0.656. The molecule has 134 valence electrons. The molecule has 1 N–H and O–H groups in total. The van der Waals surface area contributed by atoms with E-state index in [4.69, 9.17) is 28.2 Å². The van der Waals surface area contributed by atoms with Crippen molar-refractivity contribution < 1.29 is 4.79 Å². The number of nitrogens with one attached hydrogen (secondary N) is 1. The van der Waals surface area contributed by atoms with Gasteiger partial charge in [-0.05, 0) is 55.7 Å². The maximum absolute atomic E-state index is 12.8. The lowest BCUT2D eigenvalue weighted by atomic mass is 9.95. The van der Waals surface area contributed by atoms with Crippen LogP contribution in [0, 0.1) is 6.92 Å². The van der Waals surface area contributed by atoms with Gasteiger partial charge in [0, 0.05) is 24.0 Å². The van der Waals surface area contributed by atoms with E-state index >= 15 is 0 Å². The molecule has 0 atom stereocenters. The number of aromatic nitrogens is 2. The van der Waals surface area contributed by atoms with Crippen LogP contribution >= 0.6 is 23.2 Å². The third-order valence-electron chi connectivity index (χ3n) is 4.98. The first kappa shape index (κ1) is 17.4. The molecule has 0 aliphatic carbocycles. The highest BCUT2D eigenvalue weighted by atomic mass is 35.5. The number of hydrogen-bond donors (Lipinski definition) is 1. The van der Waals surface area contributed by atoms with Crippen LogP contribution in [-0.4, -0.2) is 33.9 Å².